The van der Waals surface area contributed by atoms with E-state index in [2.05, 4.69) is 27.2 Å². The molecule has 0 aliphatic carbocycles. The van der Waals surface area contributed by atoms with E-state index >= 15 is 0 Å². The Morgan fingerprint density at radius 2 is 2.30 bits per heavy atom. The van der Waals surface area contributed by atoms with Gasteiger partial charge in [0.15, 0.2) is 18.0 Å². The Morgan fingerprint density at radius 3 is 3.07 bits per heavy atom. The predicted molar refractivity (Wildman–Crippen MR) is 100 cm³/mol. The minimum atomic E-state index is 0.0434. The lowest BCUT2D eigenvalue weighted by molar-refractivity contribution is -0.605. The molecule has 0 radical (unpaired) electrons. The molecule has 0 spiro atoms. The van der Waals surface area contributed by atoms with Crippen molar-refractivity contribution >= 4 is 17.5 Å². The van der Waals surface area contributed by atoms with Crippen LogP contribution in [0.25, 0.3) is 5.65 Å². The molecular weight excluding hydrogens is 346 g/mol. The van der Waals surface area contributed by atoms with Gasteiger partial charge in [-0.05, 0) is 25.3 Å². The van der Waals surface area contributed by atoms with Crippen molar-refractivity contribution in [1.29, 1.82) is 0 Å². The molecule has 1 saturated heterocycles. The first-order valence-corrected chi connectivity index (χ1v) is 9.23. The van der Waals surface area contributed by atoms with Gasteiger partial charge in [-0.25, -0.2) is 0 Å². The van der Waals surface area contributed by atoms with Crippen LogP contribution in [0.1, 0.15) is 30.9 Å². The average Bonchev–Trinajstić information content (AvgIpc) is 3.32. The van der Waals surface area contributed by atoms with Crippen molar-refractivity contribution in [3.05, 3.63) is 47.1 Å². The molecule has 3 aromatic rings. The summed E-state index contributed by atoms with van der Waals surface area (Å²) in [7, 11) is 0. The maximum atomic E-state index is 11.5. The number of pyridine rings is 1. The second-order valence-electron chi connectivity index (χ2n) is 6.70. The third kappa shape index (κ3) is 3.37. The highest BCUT2D eigenvalue weighted by molar-refractivity contribution is 5.55. The second kappa shape index (κ2) is 7.36. The van der Waals surface area contributed by atoms with Crippen LogP contribution in [0.2, 0.25) is 0 Å². The standard InChI is InChI=1S/C18H23N7O2/c1-2-14-10-20-25-16(14)21-18(24-8-4-6-15(24)12-26)22-17(25)19-9-13-5-3-7-23(27)11-13/h3,5,7,10-11,15,26H,2,4,6,8-9,12H2,1H3,(H,19,21,22)/t15-/m0/s1. The van der Waals surface area contributed by atoms with E-state index < -0.39 is 0 Å². The van der Waals surface area contributed by atoms with Crippen LogP contribution in [0.5, 0.6) is 0 Å². The van der Waals surface area contributed by atoms with E-state index in [1.54, 1.807) is 16.8 Å². The molecule has 27 heavy (non-hydrogen) atoms. The smallest absolute Gasteiger partial charge is 0.231 e. The zero-order valence-corrected chi connectivity index (χ0v) is 15.2. The number of aryl methyl sites for hydroxylation is 1. The minimum absolute atomic E-state index is 0.0434. The molecule has 0 aromatic carbocycles. The molecule has 9 nitrogen and oxygen atoms in total. The van der Waals surface area contributed by atoms with Gasteiger partial charge in [0.25, 0.3) is 0 Å². The van der Waals surface area contributed by atoms with Gasteiger partial charge in [-0.3, -0.25) is 0 Å². The van der Waals surface area contributed by atoms with Crippen LogP contribution >= 0.6 is 0 Å². The summed E-state index contributed by atoms with van der Waals surface area (Å²) in [6.45, 7) is 3.42. The molecule has 2 N–H and O–H groups in total. The van der Waals surface area contributed by atoms with Gasteiger partial charge in [0.2, 0.25) is 11.9 Å². The van der Waals surface area contributed by atoms with Crippen LogP contribution in [0.4, 0.5) is 11.9 Å². The van der Waals surface area contributed by atoms with E-state index in [0.717, 1.165) is 47.3 Å². The summed E-state index contributed by atoms with van der Waals surface area (Å²) in [6.07, 6.45) is 7.54. The quantitative estimate of drug-likeness (QED) is 0.491. The third-order valence-electron chi connectivity index (χ3n) is 4.94. The Hall–Kier alpha value is -2.94. The van der Waals surface area contributed by atoms with Crippen LogP contribution in [0.15, 0.2) is 30.7 Å². The lowest BCUT2D eigenvalue weighted by Crippen LogP contribution is -2.34. The Bertz CT molecular complexity index is 943. The molecule has 4 heterocycles. The molecule has 3 aromatic heterocycles. The van der Waals surface area contributed by atoms with Crippen LogP contribution in [-0.2, 0) is 13.0 Å². The van der Waals surface area contributed by atoms with Crippen molar-refractivity contribution in [3.8, 4) is 0 Å². The van der Waals surface area contributed by atoms with Crippen LogP contribution in [0.3, 0.4) is 0 Å². The van der Waals surface area contributed by atoms with Crippen molar-refractivity contribution in [2.24, 2.45) is 0 Å². The van der Waals surface area contributed by atoms with E-state index in [9.17, 15) is 10.3 Å². The molecule has 142 valence electrons. The molecule has 1 aliphatic rings. The van der Waals surface area contributed by atoms with Crippen LogP contribution < -0.4 is 14.9 Å². The first-order chi connectivity index (χ1) is 13.2. The summed E-state index contributed by atoms with van der Waals surface area (Å²) >= 11 is 0. The summed E-state index contributed by atoms with van der Waals surface area (Å²) in [5.41, 5.74) is 2.65. The molecule has 0 saturated carbocycles. The van der Waals surface area contributed by atoms with Gasteiger partial charge in [0, 0.05) is 30.3 Å². The maximum Gasteiger partial charge on any atom is 0.231 e. The largest absolute Gasteiger partial charge is 0.619 e. The molecule has 1 fully saturated rings. The SMILES string of the molecule is CCc1cnn2c(NCc3ccc[n+]([O-])c3)nc(N3CCC[C@H]3CO)nc12. The number of hydrogen-bond donors (Lipinski definition) is 2. The highest BCUT2D eigenvalue weighted by Crippen LogP contribution is 2.25. The normalized spacial score (nSPS) is 17.0. The van der Waals surface area contributed by atoms with Gasteiger partial charge in [0.05, 0.1) is 18.8 Å². The summed E-state index contributed by atoms with van der Waals surface area (Å²) in [5.74, 6) is 1.17. The zero-order chi connectivity index (χ0) is 18.8. The van der Waals surface area contributed by atoms with Crippen LogP contribution in [0, 0.1) is 5.21 Å². The van der Waals surface area contributed by atoms with Crippen molar-refractivity contribution in [2.75, 3.05) is 23.4 Å². The lowest BCUT2D eigenvalue weighted by atomic mass is 10.2. The highest BCUT2D eigenvalue weighted by atomic mass is 16.5. The molecule has 1 atom stereocenters. The third-order valence-corrected chi connectivity index (χ3v) is 4.94. The summed E-state index contributed by atoms with van der Waals surface area (Å²) in [4.78, 5) is 11.5. The predicted octanol–water partition coefficient (Wildman–Crippen LogP) is 0.893. The zero-order valence-electron chi connectivity index (χ0n) is 15.2. The van der Waals surface area contributed by atoms with Gasteiger partial charge < -0.3 is 20.5 Å². The average molecular weight is 369 g/mol. The molecular formula is C18H23N7O2. The number of hydrogen-bond acceptors (Lipinski definition) is 7. The first-order valence-electron chi connectivity index (χ1n) is 9.23. The molecule has 4 rings (SSSR count). The Labute approximate surface area is 156 Å². The fourth-order valence-electron chi connectivity index (χ4n) is 3.48. The number of fused-ring (bicyclic) bond motifs is 1. The topological polar surface area (TPSA) is 106 Å². The molecule has 0 unspecified atom stereocenters. The second-order valence-corrected chi connectivity index (χ2v) is 6.70. The minimum Gasteiger partial charge on any atom is -0.619 e. The maximum absolute atomic E-state index is 11.5. The Balaban J connectivity index is 1.70. The van der Waals surface area contributed by atoms with E-state index in [0.29, 0.717) is 18.4 Å². The fraction of sp³-hybridized carbons (Fsp3) is 0.444. The number of nitrogens with one attached hydrogen (secondary N) is 1. The molecule has 9 heteroatoms. The van der Waals surface area contributed by atoms with Gasteiger partial charge in [-0.2, -0.15) is 24.3 Å². The summed E-state index contributed by atoms with van der Waals surface area (Å²) in [5, 5.41) is 28.8. The van der Waals surface area contributed by atoms with Gasteiger partial charge >= 0.3 is 0 Å². The summed E-state index contributed by atoms with van der Waals surface area (Å²) in [6, 6.07) is 3.63. The molecule has 0 amide bonds. The Kier molecular flexibility index (Phi) is 4.76. The lowest BCUT2D eigenvalue weighted by Gasteiger charge is -2.23. The van der Waals surface area contributed by atoms with Gasteiger partial charge in [-0.15, -0.1) is 0 Å². The molecule has 0 bridgehead atoms. The van der Waals surface area contributed by atoms with E-state index in [-0.39, 0.29) is 12.6 Å². The Morgan fingerprint density at radius 1 is 1.41 bits per heavy atom. The fourth-order valence-corrected chi connectivity index (χ4v) is 3.48. The first kappa shape index (κ1) is 17.5. The number of aliphatic hydroxyl groups excluding tert-OH is 1. The van der Waals surface area contributed by atoms with Crippen molar-refractivity contribution in [3.63, 3.8) is 0 Å². The number of rotatable bonds is 6. The number of anilines is 2. The van der Waals surface area contributed by atoms with E-state index in [4.69, 9.17) is 4.98 Å². The number of aromatic nitrogens is 5. The van der Waals surface area contributed by atoms with Crippen molar-refractivity contribution in [2.45, 2.75) is 38.8 Å². The molecule has 1 aliphatic heterocycles. The highest BCUT2D eigenvalue weighted by Gasteiger charge is 2.27. The van der Waals surface area contributed by atoms with Gasteiger partial charge in [-0.1, -0.05) is 6.92 Å². The summed E-state index contributed by atoms with van der Waals surface area (Å²) < 4.78 is 2.47. The number of nitrogens with zero attached hydrogens (tertiary/aromatic N) is 6. The van der Waals surface area contributed by atoms with E-state index in [1.807, 2.05) is 6.07 Å². The van der Waals surface area contributed by atoms with Gasteiger partial charge in [0.1, 0.15) is 0 Å². The van der Waals surface area contributed by atoms with Crippen molar-refractivity contribution in [1.82, 2.24) is 19.6 Å². The van der Waals surface area contributed by atoms with Crippen LogP contribution in [-0.4, -0.2) is 43.9 Å². The van der Waals surface area contributed by atoms with E-state index in [1.165, 1.54) is 12.4 Å². The monoisotopic (exact) mass is 369 g/mol. The number of aliphatic hydroxyl groups is 1. The van der Waals surface area contributed by atoms with Crippen molar-refractivity contribution < 1.29 is 9.84 Å².